The first-order valence-corrected chi connectivity index (χ1v) is 10.8. The Morgan fingerprint density at radius 2 is 1.97 bits per heavy atom. The molecular weight excluding hydrogens is 386 g/mol. The summed E-state index contributed by atoms with van der Waals surface area (Å²) in [5.41, 5.74) is 0.469. The quantitative estimate of drug-likeness (QED) is 0.694. The van der Waals surface area contributed by atoms with Crippen LogP contribution in [0, 0.1) is 5.92 Å². The summed E-state index contributed by atoms with van der Waals surface area (Å²) in [7, 11) is 1.77. The smallest absolute Gasteiger partial charge is 0.410 e. The summed E-state index contributed by atoms with van der Waals surface area (Å²) in [4.78, 5) is 32.7. The molecule has 1 aromatic heterocycles. The highest BCUT2D eigenvalue weighted by Gasteiger charge is 2.26. The van der Waals surface area contributed by atoms with E-state index < -0.39 is 5.60 Å². The monoisotopic (exact) mass is 415 g/mol. The summed E-state index contributed by atoms with van der Waals surface area (Å²) in [5, 5.41) is 0.841. The zero-order chi connectivity index (χ0) is 21.0. The van der Waals surface area contributed by atoms with Crippen LogP contribution < -0.4 is 0 Å². The number of nitrogens with zero attached hydrogens (tertiary/aromatic N) is 3. The van der Waals surface area contributed by atoms with E-state index >= 15 is 0 Å². The molecule has 1 fully saturated rings. The zero-order valence-corrected chi connectivity index (χ0v) is 18.4. The van der Waals surface area contributed by atoms with E-state index in [-0.39, 0.29) is 12.0 Å². The van der Waals surface area contributed by atoms with E-state index in [9.17, 15) is 9.59 Å². The topological polar surface area (TPSA) is 62.7 Å². The van der Waals surface area contributed by atoms with Crippen molar-refractivity contribution in [2.45, 2.75) is 39.2 Å². The standard InChI is InChI=1S/C22H29N3O3S/c1-22(2,3)28-21(27)24(4)15-16-11-13-25(14-12-16)20(26)10-9-19-23-17-7-5-6-8-18(17)29-19/h5-10,16H,11-15H2,1-4H3/b10-9+. The summed E-state index contributed by atoms with van der Waals surface area (Å²) in [5.74, 6) is 0.396. The first-order valence-electron chi connectivity index (χ1n) is 9.98. The first kappa shape index (κ1) is 21.3. The van der Waals surface area contributed by atoms with Crippen molar-refractivity contribution >= 4 is 39.6 Å². The predicted octanol–water partition coefficient (Wildman–Crippen LogP) is 4.42. The maximum atomic E-state index is 12.5. The second kappa shape index (κ2) is 8.95. The van der Waals surface area contributed by atoms with Gasteiger partial charge in [-0.05, 0) is 57.7 Å². The maximum absolute atomic E-state index is 12.5. The van der Waals surface area contributed by atoms with Crippen LogP contribution in [0.15, 0.2) is 30.3 Å². The Kier molecular flexibility index (Phi) is 6.57. The number of carbonyl (C=O) groups is 2. The number of hydrogen-bond donors (Lipinski definition) is 0. The maximum Gasteiger partial charge on any atom is 0.410 e. The molecule has 1 aliphatic rings. The number of carbonyl (C=O) groups excluding carboxylic acids is 2. The van der Waals surface area contributed by atoms with Gasteiger partial charge in [0.2, 0.25) is 5.91 Å². The number of aromatic nitrogens is 1. The van der Waals surface area contributed by atoms with Gasteiger partial charge in [-0.1, -0.05) is 12.1 Å². The molecule has 0 spiro atoms. The van der Waals surface area contributed by atoms with Gasteiger partial charge in [-0.2, -0.15) is 0 Å². The molecule has 0 aliphatic carbocycles. The Labute approximate surface area is 176 Å². The lowest BCUT2D eigenvalue weighted by molar-refractivity contribution is -0.127. The lowest BCUT2D eigenvalue weighted by atomic mass is 9.96. The minimum atomic E-state index is -0.489. The fourth-order valence-electron chi connectivity index (χ4n) is 3.35. The van der Waals surface area contributed by atoms with Gasteiger partial charge in [0, 0.05) is 32.8 Å². The second-order valence-electron chi connectivity index (χ2n) is 8.48. The van der Waals surface area contributed by atoms with Gasteiger partial charge in [0.15, 0.2) is 0 Å². The number of thiazole rings is 1. The molecule has 0 saturated carbocycles. The normalized spacial score (nSPS) is 15.8. The Bertz CT molecular complexity index is 859. The van der Waals surface area contributed by atoms with E-state index in [1.807, 2.05) is 49.9 Å². The molecule has 0 atom stereocenters. The number of hydrogen-bond acceptors (Lipinski definition) is 5. The van der Waals surface area contributed by atoms with Crippen molar-refractivity contribution in [2.24, 2.45) is 5.92 Å². The molecule has 2 amide bonds. The summed E-state index contributed by atoms with van der Waals surface area (Å²) in [6.45, 7) is 7.66. The molecule has 3 rings (SSSR count). The molecule has 1 saturated heterocycles. The van der Waals surface area contributed by atoms with Crippen LogP contribution in [-0.4, -0.2) is 59.1 Å². The molecule has 29 heavy (non-hydrogen) atoms. The predicted molar refractivity (Wildman–Crippen MR) is 117 cm³/mol. The molecule has 1 aliphatic heterocycles. The molecule has 0 radical (unpaired) electrons. The molecule has 0 N–H and O–H groups in total. The number of piperidine rings is 1. The van der Waals surface area contributed by atoms with E-state index in [0.29, 0.717) is 25.6 Å². The summed E-state index contributed by atoms with van der Waals surface area (Å²) in [6, 6.07) is 7.96. The van der Waals surface area contributed by atoms with Crippen molar-refractivity contribution in [3.63, 3.8) is 0 Å². The lowest BCUT2D eigenvalue weighted by Crippen LogP contribution is -2.42. The SMILES string of the molecule is CN(CC1CCN(C(=O)/C=C/c2nc3ccccc3s2)CC1)C(=O)OC(C)(C)C. The number of rotatable bonds is 4. The third kappa shape index (κ3) is 6.03. The van der Waals surface area contributed by atoms with Crippen LogP contribution in [0.5, 0.6) is 0 Å². The van der Waals surface area contributed by atoms with Crippen molar-refractivity contribution in [1.82, 2.24) is 14.8 Å². The lowest BCUT2D eigenvalue weighted by Gasteiger charge is -2.34. The van der Waals surface area contributed by atoms with E-state index in [0.717, 1.165) is 28.1 Å². The highest BCUT2D eigenvalue weighted by atomic mass is 32.1. The van der Waals surface area contributed by atoms with Crippen LogP contribution >= 0.6 is 11.3 Å². The van der Waals surface area contributed by atoms with Crippen molar-refractivity contribution in [3.05, 3.63) is 35.3 Å². The van der Waals surface area contributed by atoms with E-state index in [1.165, 1.54) is 0 Å². The van der Waals surface area contributed by atoms with Crippen LogP contribution in [0.3, 0.4) is 0 Å². The molecule has 6 nitrogen and oxygen atoms in total. The Morgan fingerprint density at radius 3 is 2.62 bits per heavy atom. The number of para-hydroxylation sites is 1. The average Bonchev–Trinajstić information content (AvgIpc) is 3.08. The summed E-state index contributed by atoms with van der Waals surface area (Å²) < 4.78 is 6.52. The molecule has 0 bridgehead atoms. The Morgan fingerprint density at radius 1 is 1.28 bits per heavy atom. The number of ether oxygens (including phenoxy) is 1. The fourth-order valence-corrected chi connectivity index (χ4v) is 4.22. The van der Waals surface area contributed by atoms with Crippen molar-refractivity contribution in [2.75, 3.05) is 26.7 Å². The summed E-state index contributed by atoms with van der Waals surface area (Å²) >= 11 is 1.58. The van der Waals surface area contributed by atoms with Gasteiger partial charge >= 0.3 is 6.09 Å². The van der Waals surface area contributed by atoms with Gasteiger partial charge in [0.25, 0.3) is 0 Å². The van der Waals surface area contributed by atoms with Gasteiger partial charge in [-0.25, -0.2) is 9.78 Å². The first-order chi connectivity index (χ1) is 13.7. The van der Waals surface area contributed by atoms with Crippen molar-refractivity contribution in [1.29, 1.82) is 0 Å². The Balaban J connectivity index is 1.47. The molecule has 0 unspecified atom stereocenters. The number of amides is 2. The second-order valence-corrected chi connectivity index (χ2v) is 9.54. The third-order valence-electron chi connectivity index (χ3n) is 4.84. The highest BCUT2D eigenvalue weighted by Crippen LogP contribution is 2.23. The van der Waals surface area contributed by atoms with Crippen LogP contribution in [0.4, 0.5) is 4.79 Å². The molecule has 156 valence electrons. The van der Waals surface area contributed by atoms with Gasteiger partial charge < -0.3 is 14.5 Å². The third-order valence-corrected chi connectivity index (χ3v) is 5.84. The van der Waals surface area contributed by atoms with Gasteiger partial charge in [0.05, 0.1) is 10.2 Å². The largest absolute Gasteiger partial charge is 0.444 e. The molecule has 7 heteroatoms. The van der Waals surface area contributed by atoms with Crippen LogP contribution in [0.25, 0.3) is 16.3 Å². The van der Waals surface area contributed by atoms with Gasteiger partial charge in [-0.15, -0.1) is 11.3 Å². The highest BCUT2D eigenvalue weighted by molar-refractivity contribution is 7.19. The Hall–Kier alpha value is -2.41. The van der Waals surface area contributed by atoms with E-state index in [1.54, 1.807) is 35.4 Å². The summed E-state index contributed by atoms with van der Waals surface area (Å²) in [6.07, 6.45) is 4.89. The van der Waals surface area contributed by atoms with Crippen LogP contribution in [0.1, 0.15) is 38.6 Å². The van der Waals surface area contributed by atoms with E-state index in [4.69, 9.17) is 4.74 Å². The minimum Gasteiger partial charge on any atom is -0.444 e. The molecular formula is C22H29N3O3S. The molecule has 1 aromatic carbocycles. The molecule has 2 aromatic rings. The number of likely N-dealkylation sites (tertiary alicyclic amines) is 1. The van der Waals surface area contributed by atoms with Crippen LogP contribution in [0.2, 0.25) is 0 Å². The average molecular weight is 416 g/mol. The van der Waals surface area contributed by atoms with Crippen molar-refractivity contribution < 1.29 is 14.3 Å². The minimum absolute atomic E-state index is 0.0169. The van der Waals surface area contributed by atoms with Crippen LogP contribution in [-0.2, 0) is 9.53 Å². The van der Waals surface area contributed by atoms with Gasteiger partial charge in [-0.3, -0.25) is 4.79 Å². The number of fused-ring (bicyclic) bond motifs is 1. The number of benzene rings is 1. The van der Waals surface area contributed by atoms with E-state index in [2.05, 4.69) is 4.98 Å². The van der Waals surface area contributed by atoms with Gasteiger partial charge in [0.1, 0.15) is 10.6 Å². The fraction of sp³-hybridized carbons (Fsp3) is 0.500. The van der Waals surface area contributed by atoms with Crippen molar-refractivity contribution in [3.8, 4) is 0 Å². The zero-order valence-electron chi connectivity index (χ0n) is 17.6. The molecule has 2 heterocycles.